The maximum Gasteiger partial charge on any atom is 0.123 e. The predicted molar refractivity (Wildman–Crippen MR) is 73.2 cm³/mol. The molecule has 0 fully saturated rings. The lowest BCUT2D eigenvalue weighted by Gasteiger charge is -2.19. The van der Waals surface area contributed by atoms with E-state index in [2.05, 4.69) is 19.2 Å². The van der Waals surface area contributed by atoms with Crippen molar-refractivity contribution in [2.24, 2.45) is 5.92 Å². The van der Waals surface area contributed by atoms with Crippen molar-refractivity contribution in [1.29, 1.82) is 0 Å². The van der Waals surface area contributed by atoms with Crippen molar-refractivity contribution in [2.45, 2.75) is 33.2 Å². The Hall–Kier alpha value is -0.930. The Morgan fingerprint density at radius 2 is 2.11 bits per heavy atom. The van der Waals surface area contributed by atoms with Gasteiger partial charge in [0, 0.05) is 19.2 Å². The highest BCUT2D eigenvalue weighted by molar-refractivity contribution is 5.16. The van der Waals surface area contributed by atoms with Gasteiger partial charge in [-0.3, -0.25) is 0 Å². The number of rotatable bonds is 8. The summed E-state index contributed by atoms with van der Waals surface area (Å²) in [5.41, 5.74) is 1.03. The lowest BCUT2D eigenvalue weighted by atomic mass is 9.99. The summed E-state index contributed by atoms with van der Waals surface area (Å²) >= 11 is 0. The van der Waals surface area contributed by atoms with Crippen molar-refractivity contribution in [3.63, 3.8) is 0 Å². The van der Waals surface area contributed by atoms with Gasteiger partial charge in [-0.1, -0.05) is 26.0 Å². The molecule has 1 N–H and O–H groups in total. The number of halogens is 1. The molecule has 0 aromatic heterocycles. The van der Waals surface area contributed by atoms with Crippen LogP contribution < -0.4 is 5.32 Å². The molecule has 0 heterocycles. The molecule has 0 amide bonds. The molecule has 1 rings (SSSR count). The van der Waals surface area contributed by atoms with Crippen molar-refractivity contribution in [1.82, 2.24) is 5.32 Å². The molecule has 18 heavy (non-hydrogen) atoms. The molecule has 0 spiro atoms. The summed E-state index contributed by atoms with van der Waals surface area (Å²) in [6, 6.07) is 7.28. The van der Waals surface area contributed by atoms with E-state index in [-0.39, 0.29) is 5.82 Å². The maximum atomic E-state index is 13.1. The van der Waals surface area contributed by atoms with Crippen LogP contribution in [0.15, 0.2) is 24.3 Å². The number of ether oxygens (including phenoxy) is 1. The molecular weight excluding hydrogens is 229 g/mol. The highest BCUT2D eigenvalue weighted by Gasteiger charge is 2.11. The van der Waals surface area contributed by atoms with Crippen LogP contribution in [0.4, 0.5) is 4.39 Å². The number of hydrogen-bond donors (Lipinski definition) is 1. The Balaban J connectivity index is 2.53. The van der Waals surface area contributed by atoms with Gasteiger partial charge in [-0.15, -0.1) is 0 Å². The van der Waals surface area contributed by atoms with E-state index in [1.807, 2.05) is 13.0 Å². The molecule has 1 aromatic rings. The van der Waals surface area contributed by atoms with Gasteiger partial charge in [0.05, 0.1) is 6.61 Å². The monoisotopic (exact) mass is 253 g/mol. The second kappa shape index (κ2) is 8.22. The fraction of sp³-hybridized carbons (Fsp3) is 0.600. The highest BCUT2D eigenvalue weighted by Crippen LogP contribution is 2.11. The fourth-order valence-electron chi connectivity index (χ4n) is 1.87. The van der Waals surface area contributed by atoms with E-state index in [1.54, 1.807) is 12.1 Å². The zero-order chi connectivity index (χ0) is 13.4. The molecule has 0 bridgehead atoms. The van der Waals surface area contributed by atoms with Gasteiger partial charge in [0.25, 0.3) is 0 Å². The molecule has 3 heteroatoms. The second-order valence-corrected chi connectivity index (χ2v) is 4.92. The zero-order valence-corrected chi connectivity index (χ0v) is 11.6. The highest BCUT2D eigenvalue weighted by atomic mass is 19.1. The summed E-state index contributed by atoms with van der Waals surface area (Å²) in [5.74, 6) is 0.216. The van der Waals surface area contributed by atoms with E-state index in [1.165, 1.54) is 6.07 Å². The van der Waals surface area contributed by atoms with E-state index in [4.69, 9.17) is 4.74 Å². The van der Waals surface area contributed by atoms with E-state index in [0.717, 1.165) is 25.1 Å². The summed E-state index contributed by atoms with van der Waals surface area (Å²) in [6.45, 7) is 8.58. The fourth-order valence-corrected chi connectivity index (χ4v) is 1.87. The minimum atomic E-state index is -0.167. The van der Waals surface area contributed by atoms with E-state index in [9.17, 15) is 4.39 Å². The Bertz CT molecular complexity index is 341. The quantitative estimate of drug-likeness (QED) is 0.769. The number of benzene rings is 1. The van der Waals surface area contributed by atoms with Crippen LogP contribution in [-0.2, 0) is 11.2 Å². The van der Waals surface area contributed by atoms with Crippen molar-refractivity contribution in [3.05, 3.63) is 35.6 Å². The number of nitrogens with one attached hydrogen (secondary N) is 1. The first-order valence-corrected chi connectivity index (χ1v) is 6.67. The van der Waals surface area contributed by atoms with E-state index in [0.29, 0.717) is 18.6 Å². The van der Waals surface area contributed by atoms with Gasteiger partial charge in [-0.05, 0) is 37.0 Å². The average molecular weight is 253 g/mol. The minimum Gasteiger partial charge on any atom is -0.381 e. The number of hydrogen-bond acceptors (Lipinski definition) is 2. The molecule has 0 aliphatic carbocycles. The lowest BCUT2D eigenvalue weighted by Crippen LogP contribution is -2.32. The first kappa shape index (κ1) is 15.1. The van der Waals surface area contributed by atoms with Crippen LogP contribution in [-0.4, -0.2) is 25.8 Å². The molecule has 0 radical (unpaired) electrons. The first-order valence-electron chi connectivity index (χ1n) is 6.67. The van der Waals surface area contributed by atoms with Crippen LogP contribution >= 0.6 is 0 Å². The molecule has 2 nitrogen and oxygen atoms in total. The summed E-state index contributed by atoms with van der Waals surface area (Å²) in [5, 5.41) is 3.42. The van der Waals surface area contributed by atoms with Gasteiger partial charge in [-0.25, -0.2) is 4.39 Å². The third kappa shape index (κ3) is 6.12. The maximum absolute atomic E-state index is 13.1. The Labute approximate surface area is 110 Å². The van der Waals surface area contributed by atoms with Gasteiger partial charge < -0.3 is 10.1 Å². The normalized spacial score (nSPS) is 12.9. The molecule has 1 aromatic carbocycles. The van der Waals surface area contributed by atoms with Crippen LogP contribution in [0.3, 0.4) is 0 Å². The van der Waals surface area contributed by atoms with Crippen molar-refractivity contribution < 1.29 is 9.13 Å². The summed E-state index contributed by atoms with van der Waals surface area (Å²) in [6.07, 6.45) is 0.845. The topological polar surface area (TPSA) is 21.3 Å². The molecule has 0 saturated heterocycles. The lowest BCUT2D eigenvalue weighted by molar-refractivity contribution is 0.109. The van der Waals surface area contributed by atoms with E-state index < -0.39 is 0 Å². The summed E-state index contributed by atoms with van der Waals surface area (Å²) in [7, 11) is 0. The molecule has 0 aliphatic heterocycles. The van der Waals surface area contributed by atoms with Crippen molar-refractivity contribution in [3.8, 4) is 0 Å². The van der Waals surface area contributed by atoms with Crippen LogP contribution in [0.5, 0.6) is 0 Å². The third-order valence-electron chi connectivity index (χ3n) is 2.79. The van der Waals surface area contributed by atoms with Gasteiger partial charge in [0.2, 0.25) is 0 Å². The molecule has 0 saturated carbocycles. The van der Waals surface area contributed by atoms with Crippen LogP contribution in [0, 0.1) is 11.7 Å². The molecule has 1 atom stereocenters. The molecule has 0 aliphatic rings. The average Bonchev–Trinajstić information content (AvgIpc) is 2.32. The molecular formula is C15H24FNO. The third-order valence-corrected chi connectivity index (χ3v) is 2.79. The first-order chi connectivity index (χ1) is 8.61. The minimum absolute atomic E-state index is 0.167. The van der Waals surface area contributed by atoms with Crippen molar-refractivity contribution >= 4 is 0 Å². The zero-order valence-electron chi connectivity index (χ0n) is 11.6. The van der Waals surface area contributed by atoms with Gasteiger partial charge in [0.15, 0.2) is 0 Å². The van der Waals surface area contributed by atoms with Crippen LogP contribution in [0.2, 0.25) is 0 Å². The molecule has 102 valence electrons. The Morgan fingerprint density at radius 1 is 1.33 bits per heavy atom. The van der Waals surface area contributed by atoms with Gasteiger partial charge in [-0.2, -0.15) is 0 Å². The smallest absolute Gasteiger partial charge is 0.123 e. The summed E-state index contributed by atoms with van der Waals surface area (Å²) < 4.78 is 18.6. The summed E-state index contributed by atoms with van der Waals surface area (Å²) in [4.78, 5) is 0. The standard InChI is InChI=1S/C15H24FNO/c1-4-18-11-14(10-17-12(2)3)8-13-6-5-7-15(16)9-13/h5-7,9,12,14,17H,4,8,10-11H2,1-3H3. The van der Waals surface area contributed by atoms with Crippen molar-refractivity contribution in [2.75, 3.05) is 19.8 Å². The van der Waals surface area contributed by atoms with E-state index >= 15 is 0 Å². The Kier molecular flexibility index (Phi) is 6.91. The predicted octanol–water partition coefficient (Wildman–Crippen LogP) is 3.02. The molecule has 1 unspecified atom stereocenters. The van der Waals surface area contributed by atoms with Gasteiger partial charge >= 0.3 is 0 Å². The Morgan fingerprint density at radius 3 is 2.72 bits per heavy atom. The SMILES string of the molecule is CCOCC(CNC(C)C)Cc1cccc(F)c1. The van der Waals surface area contributed by atoms with Gasteiger partial charge in [0.1, 0.15) is 5.82 Å². The van der Waals surface area contributed by atoms with Crippen LogP contribution in [0.1, 0.15) is 26.3 Å². The second-order valence-electron chi connectivity index (χ2n) is 4.92. The van der Waals surface area contributed by atoms with Crippen LogP contribution in [0.25, 0.3) is 0 Å². The largest absolute Gasteiger partial charge is 0.381 e.